The highest BCUT2D eigenvalue weighted by molar-refractivity contribution is 6.30. The first-order valence-corrected chi connectivity index (χ1v) is 10.0. The van der Waals surface area contributed by atoms with Gasteiger partial charge in [-0.15, -0.1) is 0 Å². The second kappa shape index (κ2) is 10.1. The summed E-state index contributed by atoms with van der Waals surface area (Å²) in [4.78, 5) is 0. The summed E-state index contributed by atoms with van der Waals surface area (Å²) in [5.41, 5.74) is 0.529. The van der Waals surface area contributed by atoms with Crippen LogP contribution in [-0.2, 0) is 25.4 Å². The summed E-state index contributed by atoms with van der Waals surface area (Å²) in [6, 6.07) is 2.49. The Hall–Kier alpha value is -0.790. The summed E-state index contributed by atoms with van der Waals surface area (Å²) < 4.78 is 50.2. The van der Waals surface area contributed by atoms with Crippen LogP contribution in [0.25, 0.3) is 0 Å². The molecular formula is C20H27ClF2O4. The van der Waals surface area contributed by atoms with Crippen molar-refractivity contribution in [2.24, 2.45) is 11.8 Å². The molecule has 0 aliphatic carbocycles. The minimum Gasteiger partial charge on any atom is -0.352 e. The summed E-state index contributed by atoms with van der Waals surface area (Å²) >= 11 is 5.50. The van der Waals surface area contributed by atoms with Crippen LogP contribution in [-0.4, -0.2) is 39.0 Å². The van der Waals surface area contributed by atoms with Gasteiger partial charge in [-0.2, -0.15) is 0 Å². The first-order chi connectivity index (χ1) is 13.1. The molecule has 2 saturated heterocycles. The first-order valence-electron chi connectivity index (χ1n) is 9.66. The molecule has 2 aliphatic rings. The van der Waals surface area contributed by atoms with Gasteiger partial charge in [0.05, 0.1) is 32.3 Å². The second-order valence-electron chi connectivity index (χ2n) is 7.31. The van der Waals surface area contributed by atoms with Gasteiger partial charge in [-0.1, -0.05) is 31.4 Å². The molecule has 0 saturated carbocycles. The van der Waals surface area contributed by atoms with Crippen LogP contribution in [0.5, 0.6) is 0 Å². The molecule has 4 nitrogen and oxygen atoms in total. The lowest BCUT2D eigenvalue weighted by Crippen LogP contribution is -2.44. The molecule has 0 spiro atoms. The van der Waals surface area contributed by atoms with Gasteiger partial charge in [0.1, 0.15) is 16.7 Å². The predicted molar refractivity (Wildman–Crippen MR) is 97.6 cm³/mol. The molecule has 0 atom stereocenters. The summed E-state index contributed by atoms with van der Waals surface area (Å²) in [6.45, 7) is 4.59. The Labute approximate surface area is 164 Å². The third kappa shape index (κ3) is 5.84. The zero-order valence-corrected chi connectivity index (χ0v) is 16.4. The Kier molecular flexibility index (Phi) is 7.85. The Morgan fingerprint density at radius 1 is 0.963 bits per heavy atom. The normalized spacial score (nSPS) is 29.0. The van der Waals surface area contributed by atoms with Gasteiger partial charge in [0.25, 0.3) is 0 Å². The highest BCUT2D eigenvalue weighted by Gasteiger charge is 2.33. The Bertz CT molecular complexity index is 577. The average Bonchev–Trinajstić information content (AvgIpc) is 2.69. The minimum atomic E-state index is -0.749. The van der Waals surface area contributed by atoms with Crippen molar-refractivity contribution in [3.05, 3.63) is 34.4 Å². The van der Waals surface area contributed by atoms with E-state index in [9.17, 15) is 8.78 Å². The number of halogens is 3. The van der Waals surface area contributed by atoms with Gasteiger partial charge in [-0.05, 0) is 30.5 Å². The van der Waals surface area contributed by atoms with E-state index in [1.807, 2.05) is 0 Å². The summed E-state index contributed by atoms with van der Waals surface area (Å²) in [5.74, 6) is -0.986. The van der Waals surface area contributed by atoms with Crippen molar-refractivity contribution in [1.29, 1.82) is 0 Å². The van der Waals surface area contributed by atoms with Crippen LogP contribution >= 0.6 is 11.6 Å². The zero-order valence-electron chi connectivity index (χ0n) is 15.6. The molecule has 2 aliphatic heterocycles. The maximum Gasteiger partial charge on any atom is 0.164 e. The van der Waals surface area contributed by atoms with Crippen molar-refractivity contribution in [2.75, 3.05) is 26.4 Å². The SMILES string of the molecule is CCCC[C@H]1CO[C@H]([C@H]2CO[C@H](CCc3cc(F)c(Cl)c(F)c3)OC2)OC1. The van der Waals surface area contributed by atoms with Crippen LogP contribution < -0.4 is 0 Å². The van der Waals surface area contributed by atoms with Crippen molar-refractivity contribution in [2.45, 2.75) is 51.6 Å². The first kappa shape index (κ1) is 20.9. The lowest BCUT2D eigenvalue weighted by molar-refractivity contribution is -0.281. The fourth-order valence-corrected chi connectivity index (χ4v) is 3.52. The van der Waals surface area contributed by atoms with Gasteiger partial charge >= 0.3 is 0 Å². The van der Waals surface area contributed by atoms with E-state index < -0.39 is 22.9 Å². The molecule has 1 aromatic carbocycles. The molecule has 1 aromatic rings. The average molecular weight is 405 g/mol. The zero-order chi connectivity index (χ0) is 19.2. The number of hydrogen-bond acceptors (Lipinski definition) is 4. The van der Waals surface area contributed by atoms with Gasteiger partial charge in [0.2, 0.25) is 0 Å². The molecule has 2 fully saturated rings. The lowest BCUT2D eigenvalue weighted by atomic mass is 10.0. The molecular weight excluding hydrogens is 378 g/mol. The fraction of sp³-hybridized carbons (Fsp3) is 0.700. The monoisotopic (exact) mass is 404 g/mol. The van der Waals surface area contributed by atoms with Gasteiger partial charge < -0.3 is 18.9 Å². The lowest BCUT2D eigenvalue weighted by Gasteiger charge is -2.37. The van der Waals surface area contributed by atoms with E-state index in [4.69, 9.17) is 30.5 Å². The van der Waals surface area contributed by atoms with E-state index in [0.717, 1.165) is 19.6 Å². The Morgan fingerprint density at radius 3 is 2.19 bits per heavy atom. The number of rotatable bonds is 7. The van der Waals surface area contributed by atoms with Gasteiger partial charge in [-0.3, -0.25) is 0 Å². The quantitative estimate of drug-likeness (QED) is 0.616. The van der Waals surface area contributed by atoms with E-state index in [-0.39, 0.29) is 12.2 Å². The molecule has 27 heavy (non-hydrogen) atoms. The molecule has 0 aromatic heterocycles. The van der Waals surface area contributed by atoms with Crippen LogP contribution in [0.2, 0.25) is 5.02 Å². The molecule has 0 amide bonds. The number of ether oxygens (including phenoxy) is 4. The van der Waals surface area contributed by atoms with E-state index in [1.165, 1.54) is 25.0 Å². The molecule has 2 heterocycles. The fourth-order valence-electron chi connectivity index (χ4n) is 3.41. The van der Waals surface area contributed by atoms with Crippen molar-refractivity contribution in [1.82, 2.24) is 0 Å². The molecule has 3 rings (SSSR count). The largest absolute Gasteiger partial charge is 0.352 e. The van der Waals surface area contributed by atoms with Gasteiger partial charge in [0, 0.05) is 12.3 Å². The third-order valence-corrected chi connectivity index (χ3v) is 5.41. The Balaban J connectivity index is 1.38. The molecule has 0 unspecified atom stereocenters. The van der Waals surface area contributed by atoms with Crippen molar-refractivity contribution in [3.8, 4) is 0 Å². The summed E-state index contributed by atoms with van der Waals surface area (Å²) in [7, 11) is 0. The van der Waals surface area contributed by atoms with Gasteiger partial charge in [-0.25, -0.2) is 8.78 Å². The Morgan fingerprint density at radius 2 is 1.59 bits per heavy atom. The van der Waals surface area contributed by atoms with Crippen LogP contribution in [0.4, 0.5) is 8.78 Å². The van der Waals surface area contributed by atoms with Gasteiger partial charge in [0.15, 0.2) is 12.6 Å². The van der Waals surface area contributed by atoms with Crippen molar-refractivity contribution >= 4 is 11.6 Å². The van der Waals surface area contributed by atoms with E-state index >= 15 is 0 Å². The number of aryl methyl sites for hydroxylation is 1. The van der Waals surface area contributed by atoms with E-state index in [0.29, 0.717) is 37.5 Å². The predicted octanol–water partition coefficient (Wildman–Crippen LogP) is 4.72. The maximum atomic E-state index is 13.5. The topological polar surface area (TPSA) is 36.9 Å². The molecule has 0 bridgehead atoms. The molecule has 152 valence electrons. The van der Waals surface area contributed by atoms with Crippen LogP contribution in [0.1, 0.15) is 38.2 Å². The van der Waals surface area contributed by atoms with E-state index in [1.54, 1.807) is 0 Å². The van der Waals surface area contributed by atoms with Crippen molar-refractivity contribution in [3.63, 3.8) is 0 Å². The number of hydrogen-bond donors (Lipinski definition) is 0. The van der Waals surface area contributed by atoms with Crippen LogP contribution in [0, 0.1) is 23.5 Å². The standard InChI is InChI=1S/C20H27ClF2O4/c1-2-3-4-14-9-26-20(27-10-14)15-11-24-18(25-12-15)6-5-13-7-16(22)19(21)17(23)8-13/h7-8,14-15,18,20H,2-6,9-12H2,1H3/t14-,15-,18-,20-. The van der Waals surface area contributed by atoms with Crippen LogP contribution in [0.3, 0.4) is 0 Å². The smallest absolute Gasteiger partial charge is 0.164 e. The van der Waals surface area contributed by atoms with Crippen LogP contribution in [0.15, 0.2) is 12.1 Å². The highest BCUT2D eigenvalue weighted by Crippen LogP contribution is 2.26. The molecule has 0 N–H and O–H groups in total. The minimum absolute atomic E-state index is 0.0406. The third-order valence-electron chi connectivity index (χ3n) is 5.05. The maximum absolute atomic E-state index is 13.5. The van der Waals surface area contributed by atoms with E-state index in [2.05, 4.69) is 6.92 Å². The number of benzene rings is 1. The second-order valence-corrected chi connectivity index (χ2v) is 7.69. The number of unbranched alkanes of at least 4 members (excludes halogenated alkanes) is 1. The summed E-state index contributed by atoms with van der Waals surface area (Å²) in [6.07, 6.45) is 3.78. The molecule has 7 heteroatoms. The molecule has 0 radical (unpaired) electrons. The van der Waals surface area contributed by atoms with Crippen molar-refractivity contribution < 1.29 is 27.7 Å². The summed E-state index contributed by atoms with van der Waals surface area (Å²) in [5, 5.41) is -0.476. The highest BCUT2D eigenvalue weighted by atomic mass is 35.5.